The van der Waals surface area contributed by atoms with E-state index in [1.807, 2.05) is 66.9 Å². The number of urea groups is 1. The average Bonchev–Trinajstić information content (AvgIpc) is 3.18. The zero-order valence-corrected chi connectivity index (χ0v) is 14.3. The number of aromatic nitrogens is 2. The van der Waals surface area contributed by atoms with E-state index < -0.39 is 0 Å². The van der Waals surface area contributed by atoms with E-state index in [0.29, 0.717) is 25.4 Å². The Morgan fingerprint density at radius 2 is 1.81 bits per heavy atom. The van der Waals surface area contributed by atoms with E-state index in [2.05, 4.69) is 10.4 Å². The van der Waals surface area contributed by atoms with Crippen LogP contribution in [0.15, 0.2) is 73.1 Å². The van der Waals surface area contributed by atoms with Crippen molar-refractivity contribution in [2.24, 2.45) is 0 Å². The topological polar surface area (TPSA) is 59.4 Å². The molecule has 2 heterocycles. The maximum absolute atomic E-state index is 12.6. The van der Waals surface area contributed by atoms with Gasteiger partial charge in [0.25, 0.3) is 0 Å². The Morgan fingerprint density at radius 3 is 2.58 bits per heavy atom. The third-order valence-electron chi connectivity index (χ3n) is 4.38. The normalized spacial score (nSPS) is 17.1. The van der Waals surface area contributed by atoms with Crippen LogP contribution in [0.3, 0.4) is 0 Å². The lowest BCUT2D eigenvalue weighted by Gasteiger charge is -2.33. The second-order valence-electron chi connectivity index (χ2n) is 6.16. The Kier molecular flexibility index (Phi) is 4.66. The minimum absolute atomic E-state index is 0.0947. The molecule has 1 saturated heterocycles. The van der Waals surface area contributed by atoms with E-state index in [0.717, 1.165) is 11.3 Å². The minimum Gasteiger partial charge on any atom is -0.370 e. The van der Waals surface area contributed by atoms with Crippen LogP contribution in [-0.2, 0) is 4.74 Å². The van der Waals surface area contributed by atoms with Gasteiger partial charge in [0.15, 0.2) is 0 Å². The van der Waals surface area contributed by atoms with Crippen molar-refractivity contribution in [1.82, 2.24) is 14.7 Å². The predicted molar refractivity (Wildman–Crippen MR) is 99.3 cm³/mol. The van der Waals surface area contributed by atoms with Gasteiger partial charge in [-0.1, -0.05) is 48.5 Å². The molecule has 4 rings (SSSR count). The first kappa shape index (κ1) is 16.4. The fourth-order valence-electron chi connectivity index (χ4n) is 3.01. The Bertz CT molecular complexity index is 864. The highest BCUT2D eigenvalue weighted by molar-refractivity contribution is 5.89. The van der Waals surface area contributed by atoms with Crippen LogP contribution < -0.4 is 5.32 Å². The summed E-state index contributed by atoms with van der Waals surface area (Å²) in [4.78, 5) is 14.4. The lowest BCUT2D eigenvalue weighted by Crippen LogP contribution is -2.44. The van der Waals surface area contributed by atoms with E-state index in [1.54, 1.807) is 15.8 Å². The van der Waals surface area contributed by atoms with E-state index in [1.165, 1.54) is 0 Å². The smallest absolute Gasteiger partial charge is 0.322 e. The number of carbonyl (C=O) groups excluding carboxylic acids is 1. The monoisotopic (exact) mass is 348 g/mol. The molecule has 2 aromatic carbocycles. The van der Waals surface area contributed by atoms with E-state index >= 15 is 0 Å². The summed E-state index contributed by atoms with van der Waals surface area (Å²) >= 11 is 0. The zero-order valence-electron chi connectivity index (χ0n) is 14.3. The second-order valence-corrected chi connectivity index (χ2v) is 6.16. The maximum atomic E-state index is 12.6. The minimum atomic E-state index is -0.137. The Hall–Kier alpha value is -3.12. The van der Waals surface area contributed by atoms with E-state index in [-0.39, 0.29) is 12.1 Å². The Morgan fingerprint density at radius 1 is 1.08 bits per heavy atom. The van der Waals surface area contributed by atoms with Gasteiger partial charge in [-0.3, -0.25) is 0 Å². The third-order valence-corrected chi connectivity index (χ3v) is 4.38. The first-order chi connectivity index (χ1) is 12.8. The van der Waals surface area contributed by atoms with Crippen molar-refractivity contribution in [2.45, 2.75) is 6.10 Å². The van der Waals surface area contributed by atoms with Crippen LogP contribution in [0.4, 0.5) is 10.5 Å². The molecule has 1 atom stereocenters. The molecule has 3 aromatic rings. The highest BCUT2D eigenvalue weighted by Gasteiger charge is 2.25. The molecule has 0 aliphatic carbocycles. The van der Waals surface area contributed by atoms with Gasteiger partial charge in [0.2, 0.25) is 0 Å². The molecule has 1 fully saturated rings. The van der Waals surface area contributed by atoms with Crippen LogP contribution in [0.2, 0.25) is 0 Å². The molecule has 26 heavy (non-hydrogen) atoms. The molecule has 6 nitrogen and oxygen atoms in total. The molecule has 1 aliphatic heterocycles. The van der Waals surface area contributed by atoms with Crippen LogP contribution in [0, 0.1) is 0 Å². The number of ether oxygens (including phenoxy) is 1. The van der Waals surface area contributed by atoms with Crippen molar-refractivity contribution in [1.29, 1.82) is 0 Å². The molecule has 1 aliphatic rings. The number of nitrogens with one attached hydrogen (secondary N) is 1. The van der Waals surface area contributed by atoms with Crippen molar-refractivity contribution in [2.75, 3.05) is 25.0 Å². The molecule has 1 N–H and O–H groups in total. The van der Waals surface area contributed by atoms with Gasteiger partial charge in [0.1, 0.15) is 6.10 Å². The van der Waals surface area contributed by atoms with E-state index in [4.69, 9.17) is 4.74 Å². The summed E-state index contributed by atoms with van der Waals surface area (Å²) in [6, 6.07) is 19.6. The number of para-hydroxylation sites is 1. The molecule has 0 bridgehead atoms. The SMILES string of the molecule is O=C(Nc1cnn(-c2ccccc2)c1)N1CCOC(c2ccccc2)C1. The molecule has 2 amide bonds. The standard InChI is InChI=1S/C20H20N4O2/c25-20(22-17-13-21-24(14-17)18-9-5-2-6-10-18)23-11-12-26-19(15-23)16-7-3-1-4-8-16/h1-10,13-14,19H,11-12,15H2,(H,22,25). The van der Waals surface area contributed by atoms with Gasteiger partial charge in [-0.2, -0.15) is 5.10 Å². The summed E-state index contributed by atoms with van der Waals surface area (Å²) in [6.07, 6.45) is 3.37. The number of carbonyl (C=O) groups is 1. The largest absolute Gasteiger partial charge is 0.370 e. The fraction of sp³-hybridized carbons (Fsp3) is 0.200. The average molecular weight is 348 g/mol. The molecule has 1 aromatic heterocycles. The number of amides is 2. The van der Waals surface area contributed by atoms with Gasteiger partial charge < -0.3 is 15.0 Å². The highest BCUT2D eigenvalue weighted by Crippen LogP contribution is 2.22. The molecular formula is C20H20N4O2. The van der Waals surface area contributed by atoms with Crippen LogP contribution in [0.25, 0.3) is 5.69 Å². The molecule has 0 saturated carbocycles. The van der Waals surface area contributed by atoms with Gasteiger partial charge >= 0.3 is 6.03 Å². The first-order valence-electron chi connectivity index (χ1n) is 8.62. The van der Waals surface area contributed by atoms with Crippen molar-refractivity contribution in [3.05, 3.63) is 78.6 Å². The molecule has 6 heteroatoms. The summed E-state index contributed by atoms with van der Waals surface area (Å²) in [6.45, 7) is 1.63. The van der Waals surface area contributed by atoms with Crippen molar-refractivity contribution >= 4 is 11.7 Å². The summed E-state index contributed by atoms with van der Waals surface area (Å²) in [7, 11) is 0. The molecule has 0 spiro atoms. The first-order valence-corrected chi connectivity index (χ1v) is 8.62. The summed E-state index contributed by atoms with van der Waals surface area (Å²) < 4.78 is 7.56. The maximum Gasteiger partial charge on any atom is 0.322 e. The number of rotatable bonds is 3. The van der Waals surface area contributed by atoms with Crippen LogP contribution in [0.1, 0.15) is 11.7 Å². The number of hydrogen-bond acceptors (Lipinski definition) is 3. The van der Waals surface area contributed by atoms with Crippen molar-refractivity contribution in [3.8, 4) is 5.69 Å². The van der Waals surface area contributed by atoms with Crippen molar-refractivity contribution in [3.63, 3.8) is 0 Å². The zero-order chi connectivity index (χ0) is 17.8. The second kappa shape index (κ2) is 7.41. The quantitative estimate of drug-likeness (QED) is 0.788. The summed E-state index contributed by atoms with van der Waals surface area (Å²) in [5, 5.41) is 7.23. The number of benzene rings is 2. The lowest BCUT2D eigenvalue weighted by atomic mass is 10.1. The Labute approximate surface area is 152 Å². The molecule has 0 radical (unpaired) electrons. The van der Waals surface area contributed by atoms with Gasteiger partial charge in [0, 0.05) is 6.54 Å². The highest BCUT2D eigenvalue weighted by atomic mass is 16.5. The summed E-state index contributed by atoms with van der Waals surface area (Å²) in [5.74, 6) is 0. The third kappa shape index (κ3) is 3.60. The Balaban J connectivity index is 1.41. The van der Waals surface area contributed by atoms with Crippen LogP contribution in [0.5, 0.6) is 0 Å². The van der Waals surface area contributed by atoms with Crippen molar-refractivity contribution < 1.29 is 9.53 Å². The number of nitrogens with zero attached hydrogens (tertiary/aromatic N) is 3. The van der Waals surface area contributed by atoms with Gasteiger partial charge in [-0.05, 0) is 17.7 Å². The van der Waals surface area contributed by atoms with Crippen LogP contribution >= 0.6 is 0 Å². The number of morpholine rings is 1. The molecule has 1 unspecified atom stereocenters. The van der Waals surface area contributed by atoms with Gasteiger partial charge in [0.05, 0.1) is 36.9 Å². The van der Waals surface area contributed by atoms with E-state index in [9.17, 15) is 4.79 Å². The number of hydrogen-bond donors (Lipinski definition) is 1. The number of anilines is 1. The fourth-order valence-corrected chi connectivity index (χ4v) is 3.01. The van der Waals surface area contributed by atoms with Gasteiger partial charge in [-0.15, -0.1) is 0 Å². The van der Waals surface area contributed by atoms with Crippen LogP contribution in [-0.4, -0.2) is 40.4 Å². The van der Waals surface area contributed by atoms with Gasteiger partial charge in [-0.25, -0.2) is 9.48 Å². The predicted octanol–water partition coefficient (Wildman–Crippen LogP) is 3.48. The molecular weight excluding hydrogens is 328 g/mol. The molecule has 132 valence electrons. The lowest BCUT2D eigenvalue weighted by molar-refractivity contribution is -0.0135. The summed E-state index contributed by atoms with van der Waals surface area (Å²) in [5.41, 5.74) is 2.70.